The van der Waals surface area contributed by atoms with Crippen LogP contribution in [-0.2, 0) is 12.8 Å². The summed E-state index contributed by atoms with van der Waals surface area (Å²) in [5, 5.41) is 10.3. The fourth-order valence-electron chi connectivity index (χ4n) is 3.43. The number of thiophene rings is 1. The number of hydrogen-bond acceptors (Lipinski definition) is 5. The van der Waals surface area contributed by atoms with E-state index in [0.29, 0.717) is 5.16 Å². The van der Waals surface area contributed by atoms with Crippen molar-refractivity contribution in [2.75, 3.05) is 0 Å². The van der Waals surface area contributed by atoms with Crippen LogP contribution in [0.4, 0.5) is 0 Å². The molecule has 1 aliphatic carbocycles. The molecule has 26 heavy (non-hydrogen) atoms. The highest BCUT2D eigenvalue weighted by atomic mass is 32.2. The molecule has 0 saturated carbocycles. The van der Waals surface area contributed by atoms with Crippen molar-refractivity contribution in [2.24, 2.45) is 0 Å². The predicted octanol–water partition coefficient (Wildman–Crippen LogP) is 4.72. The lowest BCUT2D eigenvalue weighted by atomic mass is 10.1. The number of fused-ring (bicyclic) bond motifs is 3. The number of thioether (sulfide) groups is 1. The average molecular weight is 382 g/mol. The lowest BCUT2D eigenvalue weighted by Crippen LogP contribution is -2.22. The van der Waals surface area contributed by atoms with Gasteiger partial charge in [-0.05, 0) is 50.3 Å². The van der Waals surface area contributed by atoms with Gasteiger partial charge in [-0.15, -0.1) is 11.3 Å². The van der Waals surface area contributed by atoms with E-state index in [4.69, 9.17) is 4.98 Å². The van der Waals surface area contributed by atoms with Gasteiger partial charge >= 0.3 is 0 Å². The van der Waals surface area contributed by atoms with Crippen LogP contribution in [0.25, 0.3) is 15.9 Å². The molecule has 2 heterocycles. The van der Waals surface area contributed by atoms with E-state index in [9.17, 15) is 10.1 Å². The van der Waals surface area contributed by atoms with Crippen molar-refractivity contribution in [1.29, 1.82) is 5.26 Å². The molecular weight excluding hydrogens is 362 g/mol. The van der Waals surface area contributed by atoms with E-state index in [1.54, 1.807) is 15.9 Å². The molecule has 0 unspecified atom stereocenters. The van der Waals surface area contributed by atoms with Gasteiger partial charge in [0.25, 0.3) is 5.56 Å². The molecule has 3 aromatic rings. The summed E-state index contributed by atoms with van der Waals surface area (Å²) < 4.78 is 1.68. The summed E-state index contributed by atoms with van der Waals surface area (Å²) in [7, 11) is 0. The van der Waals surface area contributed by atoms with Crippen molar-refractivity contribution in [1.82, 2.24) is 9.55 Å². The average Bonchev–Trinajstić information content (AvgIpc) is 2.84. The van der Waals surface area contributed by atoms with E-state index in [1.165, 1.54) is 35.0 Å². The zero-order chi connectivity index (χ0) is 18.1. The van der Waals surface area contributed by atoms with Crippen molar-refractivity contribution in [3.63, 3.8) is 0 Å². The molecule has 2 aromatic heterocycles. The molecule has 0 radical (unpaired) electrons. The van der Waals surface area contributed by atoms with E-state index < -0.39 is 0 Å². The third-order valence-electron chi connectivity index (χ3n) is 4.69. The quantitative estimate of drug-likeness (QED) is 0.374. The fourth-order valence-corrected chi connectivity index (χ4v) is 5.55. The van der Waals surface area contributed by atoms with Crippen LogP contribution in [0.1, 0.15) is 36.6 Å². The largest absolute Gasteiger partial charge is 0.268 e. The van der Waals surface area contributed by atoms with Crippen LogP contribution in [0, 0.1) is 11.3 Å². The van der Waals surface area contributed by atoms with E-state index in [0.717, 1.165) is 35.2 Å². The van der Waals surface area contributed by atoms with Crippen molar-refractivity contribution >= 4 is 33.3 Å². The van der Waals surface area contributed by atoms with E-state index in [1.807, 2.05) is 37.3 Å². The van der Waals surface area contributed by atoms with Crippen molar-refractivity contribution < 1.29 is 0 Å². The number of aromatic nitrogens is 2. The van der Waals surface area contributed by atoms with Gasteiger partial charge in [0.1, 0.15) is 4.83 Å². The number of para-hydroxylation sites is 1. The minimum Gasteiger partial charge on any atom is -0.268 e. The zero-order valence-electron chi connectivity index (χ0n) is 14.6. The molecule has 0 saturated heterocycles. The maximum absolute atomic E-state index is 13.5. The Morgan fingerprint density at radius 2 is 2.00 bits per heavy atom. The number of benzene rings is 1. The normalized spacial score (nSPS) is 15.2. The fraction of sp³-hybridized carbons (Fsp3) is 0.350. The minimum absolute atomic E-state index is 0.00626. The summed E-state index contributed by atoms with van der Waals surface area (Å²) >= 11 is 3.00. The Morgan fingerprint density at radius 1 is 1.23 bits per heavy atom. The SMILES string of the molecule is C[C@@H](C#N)Sc1nc2sc3c(c2c(=O)n1-c1ccccc1)CCCCC3. The van der Waals surface area contributed by atoms with Gasteiger partial charge in [0.2, 0.25) is 0 Å². The van der Waals surface area contributed by atoms with Crippen LogP contribution in [0.15, 0.2) is 40.3 Å². The van der Waals surface area contributed by atoms with Crippen LogP contribution in [0.2, 0.25) is 0 Å². The first-order valence-electron chi connectivity index (χ1n) is 8.88. The lowest BCUT2D eigenvalue weighted by molar-refractivity contribution is 0.713. The van der Waals surface area contributed by atoms with Gasteiger partial charge in [-0.1, -0.05) is 36.4 Å². The summed E-state index contributed by atoms with van der Waals surface area (Å²) in [6.45, 7) is 1.83. The second-order valence-corrected chi connectivity index (χ2v) is 8.90. The summed E-state index contributed by atoms with van der Waals surface area (Å²) in [6.07, 6.45) is 5.53. The third kappa shape index (κ3) is 3.06. The van der Waals surface area contributed by atoms with Crippen LogP contribution in [0.5, 0.6) is 0 Å². The van der Waals surface area contributed by atoms with E-state index in [2.05, 4.69) is 6.07 Å². The highest BCUT2D eigenvalue weighted by Gasteiger charge is 2.22. The summed E-state index contributed by atoms with van der Waals surface area (Å²) in [5.74, 6) is 0. The Balaban J connectivity index is 2.00. The first-order chi connectivity index (χ1) is 12.7. The standard InChI is InChI=1S/C20H19N3OS2/c1-13(12-21)25-20-22-18-17(15-10-6-3-7-11-16(15)26-18)19(24)23(20)14-8-4-2-5-9-14/h2,4-5,8-9,13H,3,6-7,10-11H2,1H3/t13-/m0/s1. The number of nitriles is 1. The molecular formula is C20H19N3OS2. The van der Waals surface area contributed by atoms with Gasteiger partial charge in [0.05, 0.1) is 22.4 Å². The second-order valence-electron chi connectivity index (χ2n) is 6.50. The minimum atomic E-state index is -0.271. The molecule has 1 atom stereocenters. The first-order valence-corrected chi connectivity index (χ1v) is 10.6. The Hall–Kier alpha value is -2.10. The zero-order valence-corrected chi connectivity index (χ0v) is 16.2. The second kappa shape index (κ2) is 7.26. The van der Waals surface area contributed by atoms with Crippen LogP contribution < -0.4 is 5.56 Å². The van der Waals surface area contributed by atoms with Gasteiger partial charge in [-0.2, -0.15) is 5.26 Å². The predicted molar refractivity (Wildman–Crippen MR) is 107 cm³/mol. The topological polar surface area (TPSA) is 58.7 Å². The molecule has 4 rings (SSSR count). The molecule has 4 nitrogen and oxygen atoms in total. The molecule has 0 N–H and O–H groups in total. The van der Waals surface area contributed by atoms with Crippen LogP contribution in [0.3, 0.4) is 0 Å². The number of hydrogen-bond donors (Lipinski definition) is 0. The maximum atomic E-state index is 13.5. The first kappa shape index (κ1) is 17.3. The number of nitrogens with zero attached hydrogens (tertiary/aromatic N) is 3. The Labute approximate surface area is 160 Å². The Kier molecular flexibility index (Phi) is 4.84. The van der Waals surface area contributed by atoms with Gasteiger partial charge < -0.3 is 0 Å². The van der Waals surface area contributed by atoms with E-state index in [-0.39, 0.29) is 10.8 Å². The third-order valence-corrected chi connectivity index (χ3v) is 6.82. The van der Waals surface area contributed by atoms with E-state index >= 15 is 0 Å². The Bertz CT molecular complexity index is 1050. The van der Waals surface area contributed by atoms with Gasteiger partial charge in [0, 0.05) is 4.88 Å². The highest BCUT2D eigenvalue weighted by Crippen LogP contribution is 2.35. The summed E-state index contributed by atoms with van der Waals surface area (Å²) in [6, 6.07) is 11.8. The number of aryl methyl sites for hydroxylation is 2. The maximum Gasteiger partial charge on any atom is 0.267 e. The van der Waals surface area contributed by atoms with Crippen molar-refractivity contribution in [3.05, 3.63) is 51.1 Å². The van der Waals surface area contributed by atoms with Gasteiger partial charge in [0.15, 0.2) is 5.16 Å². The van der Waals surface area contributed by atoms with Gasteiger partial charge in [-0.25, -0.2) is 4.98 Å². The molecule has 0 bridgehead atoms. The molecule has 0 aliphatic heterocycles. The Morgan fingerprint density at radius 3 is 2.77 bits per heavy atom. The monoisotopic (exact) mass is 381 g/mol. The van der Waals surface area contributed by atoms with Crippen LogP contribution >= 0.6 is 23.1 Å². The lowest BCUT2D eigenvalue weighted by Gasteiger charge is -2.13. The van der Waals surface area contributed by atoms with Gasteiger partial charge in [-0.3, -0.25) is 9.36 Å². The molecule has 0 amide bonds. The number of rotatable bonds is 3. The van der Waals surface area contributed by atoms with Crippen LogP contribution in [-0.4, -0.2) is 14.8 Å². The smallest absolute Gasteiger partial charge is 0.267 e. The molecule has 0 spiro atoms. The highest BCUT2D eigenvalue weighted by molar-refractivity contribution is 8.00. The molecule has 1 aromatic carbocycles. The summed E-state index contributed by atoms with van der Waals surface area (Å²) in [4.78, 5) is 20.5. The molecule has 0 fully saturated rings. The molecule has 132 valence electrons. The summed E-state index contributed by atoms with van der Waals surface area (Å²) in [5.41, 5.74) is 2.00. The van der Waals surface area contributed by atoms with Crippen molar-refractivity contribution in [3.8, 4) is 11.8 Å². The molecule has 1 aliphatic rings. The van der Waals surface area contributed by atoms with Crippen molar-refractivity contribution in [2.45, 2.75) is 49.4 Å². The molecule has 6 heteroatoms.